The molecule has 23 aliphatic rings. The monoisotopic (exact) mass is 1570 g/mol. The molecule has 0 N–H and O–H groups in total. The lowest BCUT2D eigenvalue weighted by atomic mass is 9.50. The highest BCUT2D eigenvalue weighted by Gasteiger charge is 2.62. The van der Waals surface area contributed by atoms with Gasteiger partial charge in [-0.25, -0.2) is 0 Å². The topological polar surface area (TPSA) is 83.1 Å². The molecule has 23 aliphatic carbocycles. The average Bonchev–Trinajstić information content (AvgIpc) is 1.57. The summed E-state index contributed by atoms with van der Waals surface area (Å²) in [5.74, 6) is 23.6. The van der Waals surface area contributed by atoms with Gasteiger partial charge in [0, 0.05) is 66.6 Å². The molecule has 0 spiro atoms. The molecule has 12 atom stereocenters. The zero-order chi connectivity index (χ0) is 79.7. The summed E-state index contributed by atoms with van der Waals surface area (Å²) in [6, 6.07) is 0. The second-order valence-corrected chi connectivity index (χ2v) is 44.3. The molecule has 12 unspecified atom stereocenters. The van der Waals surface area contributed by atoms with E-state index in [0.717, 1.165) is 202 Å². The van der Waals surface area contributed by atoms with E-state index < -0.39 is 0 Å². The van der Waals surface area contributed by atoms with E-state index in [1.807, 2.05) is 0 Å². The highest BCUT2D eigenvalue weighted by molar-refractivity contribution is 5.11. The molecule has 23 fully saturated rings. The fourth-order valence-electron chi connectivity index (χ4n) is 30.8. The maximum Gasteiger partial charge on any atom is 0.0690 e. The summed E-state index contributed by atoms with van der Waals surface area (Å²) in [7, 11) is 1.74. The first-order valence-corrected chi connectivity index (χ1v) is 50.4. The van der Waals surface area contributed by atoms with Crippen molar-refractivity contribution in [2.24, 2.45) is 158 Å². The lowest BCUT2D eigenvalue weighted by Gasteiger charge is -2.56. The number of fused-ring (bicyclic) bond motifs is 4. The maximum atomic E-state index is 6.04. The highest BCUT2D eigenvalue weighted by Crippen LogP contribution is 2.67. The van der Waals surface area contributed by atoms with Crippen molar-refractivity contribution in [2.75, 3.05) is 73.2 Å². The van der Waals surface area contributed by atoms with Crippen LogP contribution in [0.15, 0.2) is 0 Å². The van der Waals surface area contributed by atoms with Gasteiger partial charge in [0.05, 0.1) is 48.8 Å². The molecule has 23 saturated carbocycles. The summed E-state index contributed by atoms with van der Waals surface area (Å²) in [5.41, 5.74) is 1.94. The van der Waals surface area contributed by atoms with Crippen LogP contribution in [-0.4, -0.2) is 115 Å². The van der Waals surface area contributed by atoms with E-state index in [9.17, 15) is 0 Å². The third-order valence-electron chi connectivity index (χ3n) is 35.8. The van der Waals surface area contributed by atoms with Gasteiger partial charge < -0.3 is 42.6 Å². The van der Waals surface area contributed by atoms with Crippen LogP contribution >= 0.6 is 0 Å². The smallest absolute Gasteiger partial charge is 0.0690 e. The lowest BCUT2D eigenvalue weighted by Crippen LogP contribution is -2.51. The summed E-state index contributed by atoms with van der Waals surface area (Å²) >= 11 is 0. The third kappa shape index (κ3) is 24.3. The first-order chi connectivity index (χ1) is 54.0. The van der Waals surface area contributed by atoms with Crippen LogP contribution in [-0.2, 0) is 42.6 Å². The largest absolute Gasteiger partial charge is 0.381 e. The number of rotatable bonds is 22. The van der Waals surface area contributed by atoms with Gasteiger partial charge in [-0.3, -0.25) is 0 Å². The molecule has 0 aliphatic heterocycles. The van der Waals surface area contributed by atoms with Gasteiger partial charge >= 0.3 is 0 Å². The van der Waals surface area contributed by atoms with Crippen molar-refractivity contribution in [3.05, 3.63) is 0 Å². The minimum Gasteiger partial charge on any atom is -0.381 e. The predicted octanol–water partition coefficient (Wildman–Crippen LogP) is 26.9. The molecule has 0 amide bonds. The fraction of sp³-hybridized carbons (Fsp3) is 1.00. The highest BCUT2D eigenvalue weighted by atomic mass is 16.5. The van der Waals surface area contributed by atoms with Crippen LogP contribution in [0.1, 0.15) is 381 Å². The van der Waals surface area contributed by atoms with Crippen LogP contribution in [0.2, 0.25) is 0 Å². The Bertz CT molecular complexity index is 2480. The Morgan fingerprint density at radius 2 is 0.866 bits per heavy atom. The summed E-state index contributed by atoms with van der Waals surface area (Å²) in [5, 5.41) is 0. The Labute approximate surface area is 693 Å². The molecule has 0 aromatic rings. The Balaban J connectivity index is 0.000000125. The van der Waals surface area contributed by atoms with E-state index in [-0.39, 0.29) is 0 Å². The standard InChI is InChI=1S/C14H26O.2C13H22O.2C12H20O.C12H22O.C12H24O.C9H16O.C6H14O/c1-2-15-14-10-6-9-13(11-14)12-7-4-3-5-8-12;1-2-14-9-13-6-10-3-11(7-13)5-12(4-10)8-13;1-2-14-8-13-11-4-9-3-10(6-11)7-12(13)5-9;1-2-13-12-6-9-3-10(7-12)5-11(4-9)8-12;1-2-13-12-10-4-8-3-9(6-10)7-11(12)5-8;1-5-13-10-8-9-6-7-12(10,4)11(9,2)3;1-5-13-12-8-10(4)6-7-11(12)9(2)3;1-2-10-9-6-7-3-4-8(9)5-7;1-5(2)6(3)7-4/h12-14H,2-11H2,1H3;10-12H,2-9H2,1H3;9-13H,2-8H2,1H3;9-11H,2-8H2,1H3;8-12H,2-7H2,1H3;9-10H,5-8H2,1-4H3;9-12H,5-8H2,1-4H3;7-9H,2-6H2,1H3;5-6H,1-4H3. The normalized spacial score (nSPS) is 43.8. The SMILES string of the molecule is CCOC12CC3CC(CC(C3)C1)C2.CCOC1C2CC3CC(C2)CC1C3.CCOC1CC(C)CCC1C(C)C.CCOC1CC2CCC1(C)C2(C)C.CCOC1CC2CCC1C2.CCOC1CCCC(C2CCCCC2)C1.CCOCC12CC3CC(CC(C3)C1)C2.CCOCC1C2CC3CC(C2)CC1C3.COC(C)C(C)C. The van der Waals surface area contributed by atoms with Gasteiger partial charge in [-0.05, 0) is 439 Å². The summed E-state index contributed by atoms with van der Waals surface area (Å²) in [4.78, 5) is 0. The number of methoxy groups -OCH3 is 1. The zero-order valence-corrected chi connectivity index (χ0v) is 77.1. The van der Waals surface area contributed by atoms with Crippen LogP contribution in [0.3, 0.4) is 0 Å². The molecule has 9 heteroatoms. The van der Waals surface area contributed by atoms with Crippen LogP contribution in [0.5, 0.6) is 0 Å². The van der Waals surface area contributed by atoms with Crippen molar-refractivity contribution in [3.8, 4) is 0 Å². The van der Waals surface area contributed by atoms with E-state index in [0.29, 0.717) is 64.4 Å². The first kappa shape index (κ1) is 92.4. The van der Waals surface area contributed by atoms with Gasteiger partial charge in [0.2, 0.25) is 0 Å². The summed E-state index contributed by atoms with van der Waals surface area (Å²) in [6.45, 7) is 47.0. The fourth-order valence-corrected chi connectivity index (χ4v) is 30.8. The Morgan fingerprint density at radius 3 is 1.30 bits per heavy atom. The Hall–Kier alpha value is -0.360. The molecule has 20 bridgehead atoms. The molecule has 0 saturated heterocycles. The van der Waals surface area contributed by atoms with Gasteiger partial charge in [-0.1, -0.05) is 100 Å². The lowest BCUT2D eigenvalue weighted by molar-refractivity contribution is -0.159. The number of hydrogen-bond donors (Lipinski definition) is 0. The predicted molar refractivity (Wildman–Crippen MR) is 467 cm³/mol. The van der Waals surface area contributed by atoms with Crippen LogP contribution in [0, 0.1) is 158 Å². The van der Waals surface area contributed by atoms with Gasteiger partial charge in [-0.2, -0.15) is 0 Å². The first-order valence-electron chi connectivity index (χ1n) is 50.4. The molecular formula is C103H186O9. The quantitative estimate of drug-likeness (QED) is 0.105. The Morgan fingerprint density at radius 1 is 0.366 bits per heavy atom. The molecule has 23 rings (SSSR count). The molecule has 112 heavy (non-hydrogen) atoms. The van der Waals surface area contributed by atoms with Crippen molar-refractivity contribution < 1.29 is 42.6 Å². The van der Waals surface area contributed by atoms with Crippen LogP contribution in [0.4, 0.5) is 0 Å². The molecular weight excluding hydrogens is 1380 g/mol. The molecule has 0 aromatic carbocycles. The minimum absolute atomic E-state index is 0.351. The molecule has 9 nitrogen and oxygen atoms in total. The van der Waals surface area contributed by atoms with E-state index >= 15 is 0 Å². The van der Waals surface area contributed by atoms with Crippen molar-refractivity contribution in [2.45, 2.75) is 423 Å². The zero-order valence-electron chi connectivity index (χ0n) is 77.1. The van der Waals surface area contributed by atoms with Gasteiger partial charge in [0.1, 0.15) is 0 Å². The summed E-state index contributed by atoms with van der Waals surface area (Å²) in [6.07, 6.45) is 63.2. The van der Waals surface area contributed by atoms with Crippen molar-refractivity contribution in [1.29, 1.82) is 0 Å². The van der Waals surface area contributed by atoms with Crippen LogP contribution in [0.25, 0.3) is 0 Å². The number of ether oxygens (including phenoxy) is 9. The second-order valence-electron chi connectivity index (χ2n) is 44.3. The molecule has 0 heterocycles. The van der Waals surface area contributed by atoms with Gasteiger partial charge in [0.25, 0.3) is 0 Å². The molecule has 0 aromatic heterocycles. The number of hydrogen-bond acceptors (Lipinski definition) is 9. The summed E-state index contributed by atoms with van der Waals surface area (Å²) < 4.78 is 51.5. The maximum absolute atomic E-state index is 6.04. The van der Waals surface area contributed by atoms with E-state index in [1.54, 1.807) is 39.2 Å². The van der Waals surface area contributed by atoms with Crippen LogP contribution < -0.4 is 0 Å². The second kappa shape index (κ2) is 44.1. The minimum atomic E-state index is 0.351. The average molecular weight is 1570 g/mol. The van der Waals surface area contributed by atoms with E-state index in [4.69, 9.17) is 42.6 Å². The molecule has 0 radical (unpaired) electrons. The van der Waals surface area contributed by atoms with Gasteiger partial charge in [0.15, 0.2) is 0 Å². The van der Waals surface area contributed by atoms with E-state index in [2.05, 4.69) is 118 Å². The van der Waals surface area contributed by atoms with Crippen molar-refractivity contribution >= 4 is 0 Å². The Kier molecular flexibility index (Phi) is 36.4. The van der Waals surface area contributed by atoms with Crippen molar-refractivity contribution in [1.82, 2.24) is 0 Å². The van der Waals surface area contributed by atoms with Crippen molar-refractivity contribution in [3.63, 3.8) is 0 Å². The molecule has 652 valence electrons. The van der Waals surface area contributed by atoms with E-state index in [1.165, 1.54) is 231 Å². The third-order valence-corrected chi connectivity index (χ3v) is 35.8. The van der Waals surface area contributed by atoms with Gasteiger partial charge in [-0.15, -0.1) is 0 Å².